The van der Waals surface area contributed by atoms with Gasteiger partial charge in [-0.25, -0.2) is 8.42 Å². The second kappa shape index (κ2) is 5.29. The lowest BCUT2D eigenvalue weighted by atomic mass is 9.97. The fourth-order valence-electron chi connectivity index (χ4n) is 2.48. The highest BCUT2D eigenvalue weighted by atomic mass is 35.7. The average Bonchev–Trinajstić information content (AvgIpc) is 3.14. The number of halogens is 1. The molecule has 1 aliphatic rings. The molecule has 1 aromatic rings. The van der Waals surface area contributed by atoms with Crippen molar-refractivity contribution < 1.29 is 13.2 Å². The van der Waals surface area contributed by atoms with Gasteiger partial charge in [-0.1, -0.05) is 0 Å². The Kier molecular flexibility index (Phi) is 4.10. The number of benzene rings is 1. The van der Waals surface area contributed by atoms with Gasteiger partial charge in [0, 0.05) is 21.8 Å². The fraction of sp³-hybridized carbons (Fsp3) is 0.533. The highest BCUT2D eigenvalue weighted by molar-refractivity contribution is 8.13. The van der Waals surface area contributed by atoms with Gasteiger partial charge < -0.3 is 5.32 Å². The first-order valence-corrected chi connectivity index (χ1v) is 9.22. The summed E-state index contributed by atoms with van der Waals surface area (Å²) >= 11 is 0. The number of hydrogen-bond donors (Lipinski definition) is 1. The second-order valence-electron chi connectivity index (χ2n) is 6.30. The van der Waals surface area contributed by atoms with Crippen molar-refractivity contribution in [1.29, 1.82) is 0 Å². The lowest BCUT2D eigenvalue weighted by Crippen LogP contribution is -2.45. The van der Waals surface area contributed by atoms with Crippen LogP contribution in [0.15, 0.2) is 17.0 Å². The van der Waals surface area contributed by atoms with Gasteiger partial charge in [0.25, 0.3) is 15.0 Å². The zero-order chi connectivity index (χ0) is 16.0. The van der Waals surface area contributed by atoms with Crippen LogP contribution < -0.4 is 5.32 Å². The summed E-state index contributed by atoms with van der Waals surface area (Å²) in [5.41, 5.74) is 1.34. The first-order valence-electron chi connectivity index (χ1n) is 6.91. The Labute approximate surface area is 130 Å². The molecule has 0 aliphatic heterocycles. The molecule has 116 valence electrons. The van der Waals surface area contributed by atoms with Crippen LogP contribution in [0.5, 0.6) is 0 Å². The van der Waals surface area contributed by atoms with E-state index in [0.29, 0.717) is 17.0 Å². The van der Waals surface area contributed by atoms with Crippen molar-refractivity contribution >= 4 is 25.6 Å². The summed E-state index contributed by atoms with van der Waals surface area (Å²) in [5.74, 6) is 0.223. The number of aryl methyl sites for hydroxylation is 1. The van der Waals surface area contributed by atoms with Crippen LogP contribution in [0.1, 0.15) is 48.2 Å². The summed E-state index contributed by atoms with van der Waals surface area (Å²) in [7, 11) is 1.58. The molecule has 2 rings (SSSR count). The lowest BCUT2D eigenvalue weighted by molar-refractivity contribution is 0.0903. The number of rotatable bonds is 4. The number of hydrogen-bond acceptors (Lipinski definition) is 3. The maximum Gasteiger partial charge on any atom is 0.261 e. The molecule has 0 heterocycles. The van der Waals surface area contributed by atoms with Crippen molar-refractivity contribution in [3.63, 3.8) is 0 Å². The van der Waals surface area contributed by atoms with E-state index < -0.39 is 9.05 Å². The van der Waals surface area contributed by atoms with Crippen LogP contribution in [0.4, 0.5) is 0 Å². The highest BCUT2D eigenvalue weighted by Crippen LogP contribution is 2.39. The van der Waals surface area contributed by atoms with Crippen molar-refractivity contribution in [2.24, 2.45) is 5.92 Å². The predicted octanol–water partition coefficient (Wildman–Crippen LogP) is 3.15. The van der Waals surface area contributed by atoms with Crippen LogP contribution >= 0.6 is 10.7 Å². The quantitative estimate of drug-likeness (QED) is 0.863. The summed E-state index contributed by atoms with van der Waals surface area (Å²) in [6.07, 6.45) is 2.23. The Balaban J connectivity index is 2.36. The summed E-state index contributed by atoms with van der Waals surface area (Å²) in [5, 5.41) is 2.98. The van der Waals surface area contributed by atoms with E-state index in [1.54, 1.807) is 19.9 Å². The Morgan fingerprint density at radius 3 is 2.33 bits per heavy atom. The van der Waals surface area contributed by atoms with Crippen LogP contribution in [0.3, 0.4) is 0 Å². The van der Waals surface area contributed by atoms with E-state index in [-0.39, 0.29) is 16.3 Å². The number of nitrogens with one attached hydrogen (secondary N) is 1. The SMILES string of the molecule is Cc1cc(C(=O)NC(C)(C)C2CC2)cc(S(=O)(=O)Cl)c1C. The molecule has 1 N–H and O–H groups in total. The van der Waals surface area contributed by atoms with Crippen LogP contribution in [0.25, 0.3) is 0 Å². The molecule has 6 heteroatoms. The third-order valence-electron chi connectivity index (χ3n) is 4.18. The van der Waals surface area contributed by atoms with Crippen molar-refractivity contribution in [2.45, 2.75) is 51.0 Å². The Morgan fingerprint density at radius 1 is 1.29 bits per heavy atom. The summed E-state index contributed by atoms with van der Waals surface area (Å²) in [4.78, 5) is 12.4. The molecule has 0 radical (unpaired) electrons. The van der Waals surface area contributed by atoms with Gasteiger partial charge in [-0.15, -0.1) is 0 Å². The molecular weight excluding hydrogens is 310 g/mol. The minimum atomic E-state index is -3.87. The number of carbonyl (C=O) groups excluding carboxylic acids is 1. The van der Waals surface area contributed by atoms with Crippen molar-refractivity contribution in [2.75, 3.05) is 0 Å². The molecule has 0 unspecified atom stereocenters. The predicted molar refractivity (Wildman–Crippen MR) is 83.2 cm³/mol. The Hall–Kier alpha value is -1.07. The zero-order valence-corrected chi connectivity index (χ0v) is 14.2. The van der Waals surface area contributed by atoms with E-state index in [4.69, 9.17) is 10.7 Å². The minimum absolute atomic E-state index is 0.00135. The zero-order valence-electron chi connectivity index (χ0n) is 12.7. The Morgan fingerprint density at radius 2 is 1.86 bits per heavy atom. The molecule has 0 bridgehead atoms. The number of amides is 1. The molecule has 0 atom stereocenters. The summed E-state index contributed by atoms with van der Waals surface area (Å²) < 4.78 is 23.2. The normalized spacial score (nSPS) is 15.9. The van der Waals surface area contributed by atoms with Crippen molar-refractivity contribution in [3.05, 3.63) is 28.8 Å². The molecule has 1 amide bonds. The van der Waals surface area contributed by atoms with E-state index in [0.717, 1.165) is 18.4 Å². The summed E-state index contributed by atoms with van der Waals surface area (Å²) in [6.45, 7) is 7.43. The van der Waals surface area contributed by atoms with Gasteiger partial charge in [0.15, 0.2) is 0 Å². The molecule has 0 spiro atoms. The summed E-state index contributed by atoms with van der Waals surface area (Å²) in [6, 6.07) is 3.04. The molecule has 21 heavy (non-hydrogen) atoms. The molecule has 1 saturated carbocycles. The van der Waals surface area contributed by atoms with Gasteiger partial charge in [0.1, 0.15) is 0 Å². The van der Waals surface area contributed by atoms with Gasteiger partial charge >= 0.3 is 0 Å². The second-order valence-corrected chi connectivity index (χ2v) is 8.84. The van der Waals surface area contributed by atoms with E-state index in [9.17, 15) is 13.2 Å². The van der Waals surface area contributed by atoms with E-state index in [1.807, 2.05) is 13.8 Å². The molecule has 4 nitrogen and oxygen atoms in total. The lowest BCUT2D eigenvalue weighted by Gasteiger charge is -2.26. The van der Waals surface area contributed by atoms with Crippen molar-refractivity contribution in [1.82, 2.24) is 5.32 Å². The monoisotopic (exact) mass is 329 g/mol. The largest absolute Gasteiger partial charge is 0.347 e. The molecule has 1 fully saturated rings. The Bertz CT molecular complexity index is 691. The van der Waals surface area contributed by atoms with E-state index in [1.165, 1.54) is 6.07 Å². The molecule has 1 aliphatic carbocycles. The number of carbonyl (C=O) groups is 1. The van der Waals surface area contributed by atoms with Crippen LogP contribution in [0.2, 0.25) is 0 Å². The topological polar surface area (TPSA) is 63.2 Å². The van der Waals surface area contributed by atoms with E-state index in [2.05, 4.69) is 5.32 Å². The highest BCUT2D eigenvalue weighted by Gasteiger charge is 2.39. The van der Waals surface area contributed by atoms with Gasteiger partial charge in [-0.05, 0) is 69.7 Å². The average molecular weight is 330 g/mol. The molecule has 0 aromatic heterocycles. The molecular formula is C15H20ClNO3S. The van der Waals surface area contributed by atoms with Gasteiger partial charge in [0.2, 0.25) is 0 Å². The first-order chi connectivity index (χ1) is 9.52. The molecule has 0 saturated heterocycles. The van der Waals surface area contributed by atoms with E-state index >= 15 is 0 Å². The van der Waals surface area contributed by atoms with Gasteiger partial charge in [-0.2, -0.15) is 0 Å². The smallest absolute Gasteiger partial charge is 0.261 e. The fourth-order valence-corrected chi connectivity index (χ4v) is 3.76. The minimum Gasteiger partial charge on any atom is -0.347 e. The van der Waals surface area contributed by atoms with Gasteiger partial charge in [0.05, 0.1) is 4.90 Å². The first kappa shape index (κ1) is 16.3. The standard InChI is InChI=1S/C15H20ClNO3S/c1-9-7-11(8-13(10(9)2)21(16,19)20)14(18)17-15(3,4)12-5-6-12/h7-8,12H,5-6H2,1-4H3,(H,17,18). The van der Waals surface area contributed by atoms with Crippen LogP contribution in [-0.2, 0) is 9.05 Å². The maximum atomic E-state index is 12.4. The maximum absolute atomic E-state index is 12.4. The third-order valence-corrected chi connectivity index (χ3v) is 5.63. The van der Waals surface area contributed by atoms with Crippen LogP contribution in [0, 0.1) is 19.8 Å². The van der Waals surface area contributed by atoms with Crippen molar-refractivity contribution in [3.8, 4) is 0 Å². The third kappa shape index (κ3) is 3.58. The van der Waals surface area contributed by atoms with Crippen LogP contribution in [-0.4, -0.2) is 19.9 Å². The van der Waals surface area contributed by atoms with Gasteiger partial charge in [-0.3, -0.25) is 4.79 Å². The molecule has 1 aromatic carbocycles.